The molecule has 0 saturated carbocycles. The van der Waals surface area contributed by atoms with Crippen molar-refractivity contribution in [1.29, 1.82) is 5.26 Å². The molecule has 7 nitrogen and oxygen atoms in total. The lowest BCUT2D eigenvalue weighted by Crippen LogP contribution is -2.32. The lowest BCUT2D eigenvalue weighted by atomic mass is 10.1. The Bertz CT molecular complexity index is 942. The molecule has 1 fully saturated rings. The molecule has 0 aromatic carbocycles. The number of sulfone groups is 1. The van der Waals surface area contributed by atoms with Crippen LogP contribution in [0.25, 0.3) is 5.82 Å². The fourth-order valence-electron chi connectivity index (χ4n) is 2.96. The first-order valence-corrected chi connectivity index (χ1v) is 9.94. The largest absolute Gasteiger partial charge is 0.355 e. The molecule has 0 amide bonds. The van der Waals surface area contributed by atoms with Crippen molar-refractivity contribution in [3.63, 3.8) is 0 Å². The molecule has 0 bridgehead atoms. The number of aromatic nitrogens is 3. The summed E-state index contributed by atoms with van der Waals surface area (Å²) in [6.07, 6.45) is 2.13. The maximum atomic E-state index is 13.4. The van der Waals surface area contributed by atoms with Crippen LogP contribution in [0.5, 0.6) is 0 Å². The van der Waals surface area contributed by atoms with Crippen molar-refractivity contribution < 1.29 is 17.2 Å². The van der Waals surface area contributed by atoms with Gasteiger partial charge in [-0.05, 0) is 31.4 Å². The Kier molecular flexibility index (Phi) is 4.91. The van der Waals surface area contributed by atoms with Crippen molar-refractivity contribution >= 4 is 15.7 Å². The third kappa shape index (κ3) is 3.39. The second kappa shape index (κ2) is 6.99. The van der Waals surface area contributed by atoms with Gasteiger partial charge in [0.05, 0.1) is 4.90 Å². The van der Waals surface area contributed by atoms with E-state index in [0.717, 1.165) is 31.7 Å². The minimum atomic E-state index is -3.43. The quantitative estimate of drug-likeness (QED) is 0.808. The number of alkyl halides is 2. The van der Waals surface area contributed by atoms with E-state index in [4.69, 9.17) is 0 Å². The second-order valence-corrected chi connectivity index (χ2v) is 8.10. The molecule has 3 heterocycles. The SMILES string of the molecule is CS(=O)(=O)c1ccc(-n2nc(C(F)F)c(C#N)c2N2CCCCC2)nc1. The van der Waals surface area contributed by atoms with Gasteiger partial charge in [-0.1, -0.05) is 0 Å². The van der Waals surface area contributed by atoms with Gasteiger partial charge in [-0.15, -0.1) is 0 Å². The standard InChI is InChI=1S/C16H17F2N5O2S/c1-26(24,25)11-5-6-13(20-10-11)23-16(22-7-3-2-4-8-22)12(9-19)14(21-23)15(17)18/h5-6,10,15H,2-4,7-8H2,1H3. The molecule has 1 aliphatic heterocycles. The Hall–Kier alpha value is -2.54. The van der Waals surface area contributed by atoms with E-state index in [1.54, 1.807) is 0 Å². The van der Waals surface area contributed by atoms with E-state index in [0.29, 0.717) is 13.1 Å². The zero-order chi connectivity index (χ0) is 18.9. The van der Waals surface area contributed by atoms with Gasteiger partial charge < -0.3 is 4.90 Å². The molecule has 2 aromatic heterocycles. The third-order valence-corrected chi connectivity index (χ3v) is 5.33. The Morgan fingerprint density at radius 2 is 1.92 bits per heavy atom. The summed E-state index contributed by atoms with van der Waals surface area (Å²) in [6, 6.07) is 4.58. The number of halogens is 2. The van der Waals surface area contributed by atoms with Gasteiger partial charge in [0.15, 0.2) is 21.5 Å². The smallest absolute Gasteiger partial charge is 0.283 e. The summed E-state index contributed by atoms with van der Waals surface area (Å²) in [7, 11) is -3.43. The summed E-state index contributed by atoms with van der Waals surface area (Å²) in [4.78, 5) is 5.93. The molecule has 3 rings (SSSR count). The number of anilines is 1. The molecule has 1 saturated heterocycles. The van der Waals surface area contributed by atoms with E-state index in [1.807, 2.05) is 11.0 Å². The summed E-state index contributed by atoms with van der Waals surface area (Å²) in [5, 5.41) is 13.3. The van der Waals surface area contributed by atoms with Gasteiger partial charge in [-0.3, -0.25) is 0 Å². The first-order chi connectivity index (χ1) is 12.3. The van der Waals surface area contributed by atoms with Gasteiger partial charge in [-0.25, -0.2) is 22.2 Å². The lowest BCUT2D eigenvalue weighted by Gasteiger charge is -2.29. The molecule has 26 heavy (non-hydrogen) atoms. The molecule has 1 aliphatic rings. The number of piperidine rings is 1. The fourth-order valence-corrected chi connectivity index (χ4v) is 3.52. The van der Waals surface area contributed by atoms with E-state index in [9.17, 15) is 22.5 Å². The Balaban J connectivity index is 2.15. The average Bonchev–Trinajstić information content (AvgIpc) is 3.01. The average molecular weight is 381 g/mol. The second-order valence-electron chi connectivity index (χ2n) is 6.08. The topological polar surface area (TPSA) is 91.9 Å². The van der Waals surface area contributed by atoms with Crippen LogP contribution in [0.3, 0.4) is 0 Å². The van der Waals surface area contributed by atoms with Crippen LogP contribution in [0.15, 0.2) is 23.2 Å². The Labute approximate surface area is 149 Å². The summed E-state index contributed by atoms with van der Waals surface area (Å²) >= 11 is 0. The third-order valence-electron chi connectivity index (χ3n) is 4.23. The van der Waals surface area contributed by atoms with E-state index < -0.39 is 22.0 Å². The molecule has 0 N–H and O–H groups in total. The van der Waals surface area contributed by atoms with Gasteiger partial charge >= 0.3 is 0 Å². The van der Waals surface area contributed by atoms with Crippen molar-refractivity contribution in [3.8, 4) is 11.9 Å². The van der Waals surface area contributed by atoms with Gasteiger partial charge in [0, 0.05) is 25.5 Å². The molecule has 2 aromatic rings. The van der Waals surface area contributed by atoms with Crippen LogP contribution in [0.1, 0.15) is 36.9 Å². The van der Waals surface area contributed by atoms with Crippen LogP contribution in [0.2, 0.25) is 0 Å². The van der Waals surface area contributed by atoms with Crippen molar-refractivity contribution in [2.75, 3.05) is 24.2 Å². The lowest BCUT2D eigenvalue weighted by molar-refractivity contribution is 0.145. The van der Waals surface area contributed by atoms with Gasteiger partial charge in [0.25, 0.3) is 6.43 Å². The fraction of sp³-hybridized carbons (Fsp3) is 0.438. The molecule has 0 spiro atoms. The first kappa shape index (κ1) is 18.3. The van der Waals surface area contributed by atoms with Gasteiger partial charge in [0.1, 0.15) is 17.3 Å². The highest BCUT2D eigenvalue weighted by Gasteiger charge is 2.29. The van der Waals surface area contributed by atoms with E-state index >= 15 is 0 Å². The summed E-state index contributed by atoms with van der Waals surface area (Å²) in [5.41, 5.74) is -0.766. The van der Waals surface area contributed by atoms with E-state index in [2.05, 4.69) is 10.1 Å². The predicted octanol–water partition coefficient (Wildman–Crippen LogP) is 2.47. The summed E-state index contributed by atoms with van der Waals surface area (Å²) < 4.78 is 51.1. The van der Waals surface area contributed by atoms with E-state index in [1.165, 1.54) is 16.8 Å². The number of hydrogen-bond donors (Lipinski definition) is 0. The van der Waals surface area contributed by atoms with Crippen LogP contribution < -0.4 is 4.90 Å². The van der Waals surface area contributed by atoms with Crippen LogP contribution in [0, 0.1) is 11.3 Å². The number of nitriles is 1. The van der Waals surface area contributed by atoms with E-state index in [-0.39, 0.29) is 22.1 Å². The number of hydrogen-bond acceptors (Lipinski definition) is 6. The molecule has 138 valence electrons. The normalized spacial score (nSPS) is 15.3. The van der Waals surface area contributed by atoms with Crippen molar-refractivity contribution in [3.05, 3.63) is 29.6 Å². The van der Waals surface area contributed by atoms with Crippen LogP contribution in [-0.2, 0) is 9.84 Å². The predicted molar refractivity (Wildman–Crippen MR) is 90.2 cm³/mol. The minimum Gasteiger partial charge on any atom is -0.355 e. The molecule has 0 unspecified atom stereocenters. The zero-order valence-electron chi connectivity index (χ0n) is 14.1. The Morgan fingerprint density at radius 1 is 1.23 bits per heavy atom. The number of pyridine rings is 1. The Morgan fingerprint density at radius 3 is 2.42 bits per heavy atom. The maximum absolute atomic E-state index is 13.4. The number of rotatable bonds is 4. The molecular formula is C16H17F2N5O2S. The highest BCUT2D eigenvalue weighted by molar-refractivity contribution is 7.90. The van der Waals surface area contributed by atoms with Crippen molar-refractivity contribution in [2.24, 2.45) is 0 Å². The molecule has 0 atom stereocenters. The first-order valence-electron chi connectivity index (χ1n) is 8.05. The molecule has 10 heteroatoms. The maximum Gasteiger partial charge on any atom is 0.283 e. The van der Waals surface area contributed by atoms with Crippen LogP contribution in [-0.4, -0.2) is 42.5 Å². The zero-order valence-corrected chi connectivity index (χ0v) is 14.9. The molecule has 0 radical (unpaired) electrons. The highest BCUT2D eigenvalue weighted by Crippen LogP contribution is 2.33. The van der Waals surface area contributed by atoms with Crippen molar-refractivity contribution in [2.45, 2.75) is 30.6 Å². The number of nitrogens with zero attached hydrogens (tertiary/aromatic N) is 5. The monoisotopic (exact) mass is 381 g/mol. The van der Waals surface area contributed by atoms with Gasteiger partial charge in [-0.2, -0.15) is 15.0 Å². The van der Waals surface area contributed by atoms with Crippen molar-refractivity contribution in [1.82, 2.24) is 14.8 Å². The van der Waals surface area contributed by atoms with Crippen LogP contribution in [0.4, 0.5) is 14.6 Å². The molecule has 0 aliphatic carbocycles. The molecular weight excluding hydrogens is 364 g/mol. The van der Waals surface area contributed by atoms with Gasteiger partial charge in [0.2, 0.25) is 0 Å². The summed E-state index contributed by atoms with van der Waals surface area (Å²) in [6.45, 7) is 1.26. The summed E-state index contributed by atoms with van der Waals surface area (Å²) in [5.74, 6) is 0.462. The van der Waals surface area contributed by atoms with Crippen LogP contribution >= 0.6 is 0 Å². The minimum absolute atomic E-state index is 0.0162. The highest BCUT2D eigenvalue weighted by atomic mass is 32.2.